The number of carbonyl (C=O) groups is 1. The second-order valence-corrected chi connectivity index (χ2v) is 5.74. The molecule has 0 fully saturated rings. The molecule has 0 heterocycles. The van der Waals surface area contributed by atoms with Gasteiger partial charge in [0.05, 0.1) is 29.2 Å². The molecule has 2 atom stereocenters. The molecule has 0 spiro atoms. The largest absolute Gasteiger partial charge is 0.400 e. The van der Waals surface area contributed by atoms with Crippen molar-refractivity contribution in [2.24, 2.45) is 22.5 Å². The summed E-state index contributed by atoms with van der Waals surface area (Å²) in [6.45, 7) is 5.10. The summed E-state index contributed by atoms with van der Waals surface area (Å²) in [4.78, 5) is 12.2. The van der Waals surface area contributed by atoms with Crippen LogP contribution in [0, 0.1) is 50.7 Å². The summed E-state index contributed by atoms with van der Waals surface area (Å²) < 4.78 is 0. The lowest BCUT2D eigenvalue weighted by Crippen LogP contribution is -2.40. The van der Waals surface area contributed by atoms with Crippen LogP contribution < -0.4 is 5.73 Å². The van der Waals surface area contributed by atoms with Crippen LogP contribution in [0.3, 0.4) is 0 Å². The van der Waals surface area contributed by atoms with Gasteiger partial charge in [0.2, 0.25) is 0 Å². The van der Waals surface area contributed by atoms with Gasteiger partial charge in [0.25, 0.3) is 0 Å². The fraction of sp³-hybridized carbons (Fsp3) is 0.625. The first-order valence-corrected chi connectivity index (χ1v) is 7.11. The number of rotatable bonds is 5. The molecule has 0 amide bonds. The highest BCUT2D eigenvalue weighted by atomic mass is 16.1. The van der Waals surface area contributed by atoms with Gasteiger partial charge >= 0.3 is 0 Å². The minimum absolute atomic E-state index is 0.0494. The summed E-state index contributed by atoms with van der Waals surface area (Å²) in [5, 5.41) is 28.4. The number of ketones is 1. The summed E-state index contributed by atoms with van der Waals surface area (Å²) in [5.74, 6) is -0.777. The van der Waals surface area contributed by atoms with Gasteiger partial charge in [-0.3, -0.25) is 4.79 Å². The van der Waals surface area contributed by atoms with Crippen LogP contribution in [0.1, 0.15) is 46.5 Å². The minimum Gasteiger partial charge on any atom is -0.400 e. The van der Waals surface area contributed by atoms with E-state index in [9.17, 15) is 20.6 Å². The maximum atomic E-state index is 12.2. The molecule has 0 aromatic rings. The third kappa shape index (κ3) is 2.18. The molecule has 2 N–H and O–H groups in total. The molecule has 5 nitrogen and oxygen atoms in total. The van der Waals surface area contributed by atoms with E-state index in [2.05, 4.69) is 0 Å². The summed E-state index contributed by atoms with van der Waals surface area (Å²) in [5.41, 5.74) is 3.32. The number of allylic oxidation sites excluding steroid dienone is 2. The van der Waals surface area contributed by atoms with Crippen LogP contribution in [-0.2, 0) is 4.79 Å². The number of nitriles is 3. The second kappa shape index (κ2) is 5.98. The first kappa shape index (κ1) is 16.7. The van der Waals surface area contributed by atoms with Gasteiger partial charge in [-0.05, 0) is 20.3 Å². The maximum absolute atomic E-state index is 12.2. The molecule has 5 heteroatoms. The maximum Gasteiger partial charge on any atom is 0.184 e. The molecule has 1 rings (SSSR count). The summed E-state index contributed by atoms with van der Waals surface area (Å²) in [6.07, 6.45) is 3.25. The van der Waals surface area contributed by atoms with Gasteiger partial charge in [0.1, 0.15) is 5.78 Å². The van der Waals surface area contributed by atoms with Crippen LogP contribution in [0.5, 0.6) is 0 Å². The molecule has 1 aliphatic rings. The lowest BCUT2D eigenvalue weighted by Gasteiger charge is -2.34. The van der Waals surface area contributed by atoms with Crippen molar-refractivity contribution in [3.63, 3.8) is 0 Å². The molecule has 0 aromatic carbocycles. The van der Waals surface area contributed by atoms with Crippen molar-refractivity contribution in [1.82, 2.24) is 0 Å². The number of hydrogen-bond donors (Lipinski definition) is 1. The molecule has 0 unspecified atom stereocenters. The smallest absolute Gasteiger partial charge is 0.184 e. The Balaban J connectivity index is 3.49. The zero-order chi connectivity index (χ0) is 16.3. The van der Waals surface area contributed by atoms with E-state index in [1.807, 2.05) is 25.1 Å². The first-order chi connectivity index (χ1) is 9.86. The Morgan fingerprint density at radius 1 is 1.29 bits per heavy atom. The summed E-state index contributed by atoms with van der Waals surface area (Å²) in [6, 6.07) is 5.84. The quantitative estimate of drug-likeness (QED) is 0.779. The van der Waals surface area contributed by atoms with Gasteiger partial charge in [-0.1, -0.05) is 26.2 Å². The molecule has 0 aromatic heterocycles. The predicted octanol–water partition coefficient (Wildman–Crippen LogP) is 2.56. The van der Waals surface area contributed by atoms with Gasteiger partial charge in [-0.25, -0.2) is 0 Å². The molecule has 21 heavy (non-hydrogen) atoms. The van der Waals surface area contributed by atoms with Crippen molar-refractivity contribution in [3.8, 4) is 18.2 Å². The molecular formula is C16H20N4O. The number of Topliss-reactive ketones (excluding diaryl/α,β-unsaturated/α-hetero) is 1. The van der Waals surface area contributed by atoms with E-state index in [1.165, 1.54) is 6.92 Å². The summed E-state index contributed by atoms with van der Waals surface area (Å²) >= 11 is 0. The van der Waals surface area contributed by atoms with Gasteiger partial charge in [-0.2, -0.15) is 15.8 Å². The number of nitrogens with zero attached hydrogens (tertiary/aromatic N) is 3. The highest BCUT2D eigenvalue weighted by molar-refractivity contribution is 5.88. The average molecular weight is 284 g/mol. The monoisotopic (exact) mass is 284 g/mol. The van der Waals surface area contributed by atoms with Crippen molar-refractivity contribution in [2.75, 3.05) is 0 Å². The Morgan fingerprint density at radius 2 is 1.86 bits per heavy atom. The van der Waals surface area contributed by atoms with Crippen molar-refractivity contribution < 1.29 is 4.79 Å². The molecule has 0 radical (unpaired) electrons. The van der Waals surface area contributed by atoms with Gasteiger partial charge in [0, 0.05) is 11.6 Å². The highest BCUT2D eigenvalue weighted by Gasteiger charge is 2.62. The van der Waals surface area contributed by atoms with Crippen LogP contribution in [0.2, 0.25) is 0 Å². The van der Waals surface area contributed by atoms with Crippen molar-refractivity contribution in [1.29, 1.82) is 15.8 Å². The van der Waals surface area contributed by atoms with E-state index >= 15 is 0 Å². The van der Waals surface area contributed by atoms with E-state index in [-0.39, 0.29) is 17.1 Å². The Kier molecular flexibility index (Phi) is 4.77. The van der Waals surface area contributed by atoms with Crippen molar-refractivity contribution >= 4 is 5.78 Å². The van der Waals surface area contributed by atoms with Crippen LogP contribution in [-0.4, -0.2) is 5.78 Å². The Labute approximate surface area is 125 Å². The third-order valence-electron chi connectivity index (χ3n) is 4.74. The number of nitrogens with two attached hydrogens (primary N) is 1. The molecule has 0 aliphatic heterocycles. The van der Waals surface area contributed by atoms with Crippen LogP contribution in [0.15, 0.2) is 11.3 Å². The van der Waals surface area contributed by atoms with E-state index in [0.717, 1.165) is 19.3 Å². The lowest BCUT2D eigenvalue weighted by atomic mass is 9.64. The highest BCUT2D eigenvalue weighted by Crippen LogP contribution is 2.57. The van der Waals surface area contributed by atoms with E-state index in [1.54, 1.807) is 6.92 Å². The Morgan fingerprint density at radius 3 is 2.24 bits per heavy atom. The zero-order valence-electron chi connectivity index (χ0n) is 12.7. The van der Waals surface area contributed by atoms with Crippen molar-refractivity contribution in [3.05, 3.63) is 11.3 Å². The van der Waals surface area contributed by atoms with Crippen LogP contribution in [0.4, 0.5) is 0 Å². The first-order valence-electron chi connectivity index (χ1n) is 7.11. The van der Waals surface area contributed by atoms with Gasteiger partial charge in [0.15, 0.2) is 5.41 Å². The lowest BCUT2D eigenvalue weighted by molar-refractivity contribution is -0.126. The van der Waals surface area contributed by atoms with E-state index < -0.39 is 16.7 Å². The standard InChI is InChI=1S/C16H20N4O/c1-4-5-6-7-13-15(3,11(2)21)14(20)12(8-17)16(13,9-18)10-19/h13H,4-7,20H2,1-3H3/t13-,15+/m0/s1. The molecule has 1 aliphatic carbocycles. The van der Waals surface area contributed by atoms with Crippen LogP contribution in [0.25, 0.3) is 0 Å². The number of carbonyl (C=O) groups excluding carboxylic acids is 1. The van der Waals surface area contributed by atoms with Crippen LogP contribution >= 0.6 is 0 Å². The van der Waals surface area contributed by atoms with E-state index in [4.69, 9.17) is 5.73 Å². The van der Waals surface area contributed by atoms with Gasteiger partial charge in [-0.15, -0.1) is 0 Å². The SMILES string of the molecule is CCCCC[C@@H]1C(C#N)(C#N)C(C#N)=C(N)[C@]1(C)C(C)=O. The topological polar surface area (TPSA) is 114 Å². The normalized spacial score (nSPS) is 26.8. The predicted molar refractivity (Wildman–Crippen MR) is 76.9 cm³/mol. The average Bonchev–Trinajstić information content (AvgIpc) is 2.66. The summed E-state index contributed by atoms with van der Waals surface area (Å²) in [7, 11) is 0. The number of unbranched alkanes of at least 4 members (excludes halogenated alkanes) is 2. The van der Waals surface area contributed by atoms with E-state index in [0.29, 0.717) is 6.42 Å². The van der Waals surface area contributed by atoms with Gasteiger partial charge < -0.3 is 5.73 Å². The fourth-order valence-corrected chi connectivity index (χ4v) is 3.25. The molecular weight excluding hydrogens is 264 g/mol. The minimum atomic E-state index is -1.62. The number of hydrogen-bond acceptors (Lipinski definition) is 5. The molecule has 110 valence electrons. The Bertz CT molecular complexity index is 585. The fourth-order valence-electron chi connectivity index (χ4n) is 3.25. The third-order valence-corrected chi connectivity index (χ3v) is 4.74. The van der Waals surface area contributed by atoms with Crippen molar-refractivity contribution in [2.45, 2.75) is 46.5 Å². The second-order valence-electron chi connectivity index (χ2n) is 5.74. The zero-order valence-corrected chi connectivity index (χ0v) is 12.7. The molecule has 0 saturated carbocycles. The molecule has 0 bridgehead atoms. The molecule has 0 saturated heterocycles. The Hall–Kier alpha value is -2.32.